The fourth-order valence-electron chi connectivity index (χ4n) is 3.30. The molecule has 18 heavy (non-hydrogen) atoms. The van der Waals surface area contributed by atoms with Crippen molar-refractivity contribution in [3.8, 4) is 0 Å². The monoisotopic (exact) mass is 250 g/mol. The summed E-state index contributed by atoms with van der Waals surface area (Å²) in [5.74, 6) is 3.91. The van der Waals surface area contributed by atoms with Gasteiger partial charge >= 0.3 is 0 Å². The maximum atomic E-state index is 2.50. The van der Waals surface area contributed by atoms with Gasteiger partial charge in [-0.3, -0.25) is 0 Å². The van der Waals surface area contributed by atoms with Crippen molar-refractivity contribution >= 4 is 0 Å². The van der Waals surface area contributed by atoms with Gasteiger partial charge < -0.3 is 0 Å². The molecule has 0 aromatic rings. The lowest BCUT2D eigenvalue weighted by Crippen LogP contribution is -2.34. The highest BCUT2D eigenvalue weighted by Crippen LogP contribution is 2.45. The molecule has 0 aliphatic heterocycles. The van der Waals surface area contributed by atoms with Crippen LogP contribution in [-0.4, -0.2) is 0 Å². The van der Waals surface area contributed by atoms with Crippen LogP contribution in [0.4, 0.5) is 0 Å². The minimum absolute atomic E-state index is 0.842. The van der Waals surface area contributed by atoms with E-state index in [9.17, 15) is 0 Å². The second kappa shape index (κ2) is 8.02. The smallest absolute Gasteiger partial charge is 0.0321 e. The first-order valence-electron chi connectivity index (χ1n) is 8.20. The number of rotatable bonds is 8. The molecule has 0 bridgehead atoms. The Morgan fingerprint density at radius 3 is 2.44 bits per heavy atom. The van der Waals surface area contributed by atoms with Gasteiger partial charge in [-0.05, 0) is 62.7 Å². The molecule has 0 heteroatoms. The Morgan fingerprint density at radius 1 is 1.22 bits per heavy atom. The molecule has 3 atom stereocenters. The third-order valence-corrected chi connectivity index (χ3v) is 4.90. The van der Waals surface area contributed by atoms with Crippen molar-refractivity contribution in [3.05, 3.63) is 11.6 Å². The molecule has 1 fully saturated rings. The van der Waals surface area contributed by atoms with Crippen LogP contribution in [-0.2, 0) is 0 Å². The Hall–Kier alpha value is -0.260. The molecule has 0 heterocycles. The van der Waals surface area contributed by atoms with Gasteiger partial charge in [-0.15, -0.1) is 0 Å². The predicted octanol–water partition coefficient (Wildman–Crippen LogP) is 6.22. The highest BCUT2D eigenvalue weighted by molar-refractivity contribution is 4.99. The van der Waals surface area contributed by atoms with Gasteiger partial charge in [0.25, 0.3) is 0 Å². The Morgan fingerprint density at radius 2 is 1.89 bits per heavy atom. The van der Waals surface area contributed by atoms with E-state index in [4.69, 9.17) is 0 Å². The molecular formula is C18H34. The standard InChI is InChI=1S/C18H34/c1-6-8-17-13-18(16(17)5)10-7-9-15(4)12-11-14(2)3/h9,14,16-18H,6-8,10-13H2,1-5H3. The lowest BCUT2D eigenvalue weighted by molar-refractivity contribution is 0.0730. The predicted molar refractivity (Wildman–Crippen MR) is 82.7 cm³/mol. The van der Waals surface area contributed by atoms with E-state index >= 15 is 0 Å². The first-order chi connectivity index (χ1) is 8.54. The van der Waals surface area contributed by atoms with Gasteiger partial charge in [-0.2, -0.15) is 0 Å². The van der Waals surface area contributed by atoms with E-state index in [0.717, 1.165) is 23.7 Å². The van der Waals surface area contributed by atoms with Crippen molar-refractivity contribution < 1.29 is 0 Å². The van der Waals surface area contributed by atoms with Crippen LogP contribution >= 0.6 is 0 Å². The van der Waals surface area contributed by atoms with Crippen LogP contribution in [0.1, 0.15) is 79.6 Å². The Labute approximate surface area is 115 Å². The van der Waals surface area contributed by atoms with E-state index in [1.165, 1.54) is 44.9 Å². The highest BCUT2D eigenvalue weighted by Gasteiger charge is 2.35. The average Bonchev–Trinajstić information content (AvgIpc) is 2.33. The van der Waals surface area contributed by atoms with Crippen LogP contribution in [0.5, 0.6) is 0 Å². The van der Waals surface area contributed by atoms with Crippen LogP contribution in [0.15, 0.2) is 11.6 Å². The van der Waals surface area contributed by atoms with E-state index in [1.54, 1.807) is 5.57 Å². The van der Waals surface area contributed by atoms with Crippen molar-refractivity contribution in [3.63, 3.8) is 0 Å². The van der Waals surface area contributed by atoms with Crippen molar-refractivity contribution in [1.29, 1.82) is 0 Å². The molecule has 1 aliphatic rings. The normalized spacial score (nSPS) is 28.6. The topological polar surface area (TPSA) is 0 Å². The summed E-state index contributed by atoms with van der Waals surface area (Å²) < 4.78 is 0. The summed E-state index contributed by atoms with van der Waals surface area (Å²) in [6.07, 6.45) is 12.2. The Bertz CT molecular complexity index is 249. The zero-order valence-electron chi connectivity index (χ0n) is 13.3. The molecular weight excluding hydrogens is 216 g/mol. The molecule has 0 nitrogen and oxygen atoms in total. The molecule has 0 amide bonds. The average molecular weight is 250 g/mol. The molecule has 0 N–H and O–H groups in total. The van der Waals surface area contributed by atoms with Gasteiger partial charge in [0.1, 0.15) is 0 Å². The fraction of sp³-hybridized carbons (Fsp3) is 0.889. The minimum Gasteiger partial charge on any atom is -0.0856 e. The highest BCUT2D eigenvalue weighted by atomic mass is 14.4. The molecule has 0 spiro atoms. The van der Waals surface area contributed by atoms with Crippen molar-refractivity contribution in [2.24, 2.45) is 23.7 Å². The van der Waals surface area contributed by atoms with Crippen LogP contribution in [0, 0.1) is 23.7 Å². The maximum Gasteiger partial charge on any atom is -0.0321 e. The summed E-state index contributed by atoms with van der Waals surface area (Å²) in [4.78, 5) is 0. The van der Waals surface area contributed by atoms with E-state index in [-0.39, 0.29) is 0 Å². The van der Waals surface area contributed by atoms with E-state index in [2.05, 4.69) is 40.7 Å². The van der Waals surface area contributed by atoms with Crippen molar-refractivity contribution in [1.82, 2.24) is 0 Å². The van der Waals surface area contributed by atoms with Crippen molar-refractivity contribution in [2.75, 3.05) is 0 Å². The lowest BCUT2D eigenvalue weighted by atomic mass is 9.62. The molecule has 1 rings (SSSR count). The van der Waals surface area contributed by atoms with E-state index in [0.29, 0.717) is 0 Å². The quantitative estimate of drug-likeness (QED) is 0.448. The minimum atomic E-state index is 0.842. The number of hydrogen-bond donors (Lipinski definition) is 0. The molecule has 1 saturated carbocycles. The summed E-state index contributed by atoms with van der Waals surface area (Å²) in [7, 11) is 0. The molecule has 3 unspecified atom stereocenters. The third kappa shape index (κ3) is 5.16. The second-order valence-corrected chi connectivity index (χ2v) is 6.96. The summed E-state index contributed by atoms with van der Waals surface area (Å²) in [5, 5.41) is 0. The molecule has 106 valence electrons. The zero-order chi connectivity index (χ0) is 13.5. The first-order valence-corrected chi connectivity index (χ1v) is 8.20. The maximum absolute atomic E-state index is 2.50. The van der Waals surface area contributed by atoms with E-state index in [1.807, 2.05) is 0 Å². The van der Waals surface area contributed by atoms with Crippen LogP contribution < -0.4 is 0 Å². The van der Waals surface area contributed by atoms with Crippen LogP contribution in [0.3, 0.4) is 0 Å². The molecule has 0 saturated heterocycles. The van der Waals surface area contributed by atoms with Gasteiger partial charge in [0.05, 0.1) is 0 Å². The third-order valence-electron chi connectivity index (χ3n) is 4.90. The molecule has 0 radical (unpaired) electrons. The molecule has 1 aliphatic carbocycles. The fourth-order valence-corrected chi connectivity index (χ4v) is 3.30. The van der Waals surface area contributed by atoms with Gasteiger partial charge in [0.15, 0.2) is 0 Å². The van der Waals surface area contributed by atoms with Crippen LogP contribution in [0.25, 0.3) is 0 Å². The van der Waals surface area contributed by atoms with Crippen LogP contribution in [0.2, 0.25) is 0 Å². The van der Waals surface area contributed by atoms with Gasteiger partial charge in [0, 0.05) is 0 Å². The summed E-state index contributed by atoms with van der Waals surface area (Å²) in [5.41, 5.74) is 1.61. The first kappa shape index (κ1) is 15.8. The van der Waals surface area contributed by atoms with Crippen molar-refractivity contribution in [2.45, 2.75) is 79.6 Å². The van der Waals surface area contributed by atoms with Gasteiger partial charge in [-0.25, -0.2) is 0 Å². The Kier molecular flexibility index (Phi) is 7.04. The number of hydrogen-bond acceptors (Lipinski definition) is 0. The molecule has 0 aromatic heterocycles. The zero-order valence-corrected chi connectivity index (χ0v) is 13.3. The number of allylic oxidation sites excluding steroid dienone is 2. The largest absolute Gasteiger partial charge is 0.0856 e. The molecule has 0 aromatic carbocycles. The summed E-state index contributed by atoms with van der Waals surface area (Å²) in [6.45, 7) is 11.7. The SMILES string of the molecule is CCCC1CC(CCC=C(C)CCC(C)C)C1C. The van der Waals surface area contributed by atoms with E-state index < -0.39 is 0 Å². The summed E-state index contributed by atoms with van der Waals surface area (Å²) in [6, 6.07) is 0. The second-order valence-electron chi connectivity index (χ2n) is 6.96. The van der Waals surface area contributed by atoms with Gasteiger partial charge in [0.2, 0.25) is 0 Å². The Balaban J connectivity index is 2.13. The lowest BCUT2D eigenvalue weighted by Gasteiger charge is -2.43. The summed E-state index contributed by atoms with van der Waals surface area (Å²) >= 11 is 0. The van der Waals surface area contributed by atoms with Gasteiger partial charge in [-0.1, -0.05) is 52.2 Å².